The Kier molecular flexibility index (Phi) is 5.02. The lowest BCUT2D eigenvalue weighted by molar-refractivity contribution is 0.0543. The summed E-state index contributed by atoms with van der Waals surface area (Å²) in [5.74, 6) is 0. The molecule has 2 rings (SSSR count). The molecule has 0 amide bonds. The van der Waals surface area contributed by atoms with Crippen molar-refractivity contribution >= 4 is 17.1 Å². The average Bonchev–Trinajstić information content (AvgIpc) is 2.84. The number of rotatable bonds is 4. The number of pyridine rings is 1. The molecule has 0 aliphatic rings. The van der Waals surface area contributed by atoms with Crippen LogP contribution in [0.5, 0.6) is 0 Å². The van der Waals surface area contributed by atoms with Gasteiger partial charge in [0.2, 0.25) is 0 Å². The second-order valence-electron chi connectivity index (χ2n) is 6.39. The highest BCUT2D eigenvalue weighted by Gasteiger charge is 2.21. The summed E-state index contributed by atoms with van der Waals surface area (Å²) in [4.78, 5) is 16.6. The van der Waals surface area contributed by atoms with Crippen LogP contribution in [0.3, 0.4) is 0 Å². The van der Waals surface area contributed by atoms with E-state index in [1.807, 2.05) is 0 Å². The van der Waals surface area contributed by atoms with Crippen molar-refractivity contribution < 1.29 is 14.6 Å². The Morgan fingerprint density at radius 2 is 2.17 bits per heavy atom. The minimum Gasteiger partial charge on any atom is -0.443 e. The number of aliphatic hydroxyl groups excluding tert-OH is 1. The van der Waals surface area contributed by atoms with Crippen molar-refractivity contribution in [3.8, 4) is 6.07 Å². The molecular weight excluding hydrogens is 294 g/mol. The third-order valence-corrected chi connectivity index (χ3v) is 3.30. The monoisotopic (exact) mass is 315 g/mol. The molecule has 2 aromatic heterocycles. The molecule has 0 saturated heterocycles. The highest BCUT2D eigenvalue weighted by molar-refractivity contribution is 5.90. The van der Waals surface area contributed by atoms with Crippen LogP contribution in [0.4, 0.5) is 4.79 Å². The van der Waals surface area contributed by atoms with Crippen LogP contribution in [0, 0.1) is 11.3 Å². The van der Waals surface area contributed by atoms with Gasteiger partial charge in [0.05, 0.1) is 5.56 Å². The van der Waals surface area contributed by atoms with Crippen molar-refractivity contribution in [1.29, 1.82) is 5.26 Å². The van der Waals surface area contributed by atoms with Crippen LogP contribution >= 0.6 is 0 Å². The van der Waals surface area contributed by atoms with Crippen LogP contribution in [-0.4, -0.2) is 33.0 Å². The van der Waals surface area contributed by atoms with Gasteiger partial charge in [0.15, 0.2) is 0 Å². The molecule has 6 heteroatoms. The zero-order chi connectivity index (χ0) is 17.0. The number of carbonyl (C=O) groups excluding carboxylic acids is 1. The molecule has 0 bridgehead atoms. The van der Waals surface area contributed by atoms with E-state index in [1.165, 1.54) is 10.8 Å². The first kappa shape index (κ1) is 17.0. The van der Waals surface area contributed by atoms with Gasteiger partial charge in [0.25, 0.3) is 0 Å². The normalized spacial score (nSPS) is 11.4. The number of aromatic nitrogens is 2. The van der Waals surface area contributed by atoms with Gasteiger partial charge in [0.1, 0.15) is 17.3 Å². The third kappa shape index (κ3) is 4.08. The second-order valence-corrected chi connectivity index (χ2v) is 6.39. The Morgan fingerprint density at radius 3 is 2.78 bits per heavy atom. The van der Waals surface area contributed by atoms with E-state index in [2.05, 4.69) is 11.1 Å². The smallest absolute Gasteiger partial charge is 0.420 e. The molecule has 0 unspecified atom stereocenters. The maximum atomic E-state index is 12.4. The van der Waals surface area contributed by atoms with Gasteiger partial charge in [-0.05, 0) is 51.7 Å². The summed E-state index contributed by atoms with van der Waals surface area (Å²) in [7, 11) is 0. The van der Waals surface area contributed by atoms with E-state index in [9.17, 15) is 4.79 Å². The lowest BCUT2D eigenvalue weighted by Crippen LogP contribution is -2.26. The van der Waals surface area contributed by atoms with Gasteiger partial charge < -0.3 is 9.84 Å². The van der Waals surface area contributed by atoms with Crippen molar-refractivity contribution in [2.75, 3.05) is 6.61 Å². The van der Waals surface area contributed by atoms with Crippen molar-refractivity contribution in [2.45, 2.75) is 45.6 Å². The number of unbranched alkanes of at least 4 members (excludes halogenated alkanes) is 1. The van der Waals surface area contributed by atoms with E-state index >= 15 is 0 Å². The summed E-state index contributed by atoms with van der Waals surface area (Å²) in [6.45, 7) is 5.55. The first-order valence-electron chi connectivity index (χ1n) is 7.60. The van der Waals surface area contributed by atoms with Gasteiger partial charge in [-0.1, -0.05) is 0 Å². The molecular formula is C17H21N3O3. The van der Waals surface area contributed by atoms with Gasteiger partial charge in [-0.2, -0.15) is 5.26 Å². The number of carbonyl (C=O) groups is 1. The van der Waals surface area contributed by atoms with Crippen molar-refractivity contribution in [3.63, 3.8) is 0 Å². The van der Waals surface area contributed by atoms with E-state index < -0.39 is 11.7 Å². The van der Waals surface area contributed by atoms with Crippen LogP contribution in [0.25, 0.3) is 11.0 Å². The van der Waals surface area contributed by atoms with Crippen LogP contribution in [0.2, 0.25) is 0 Å². The molecule has 0 radical (unpaired) electrons. The zero-order valence-electron chi connectivity index (χ0n) is 13.7. The largest absolute Gasteiger partial charge is 0.443 e. The summed E-state index contributed by atoms with van der Waals surface area (Å²) >= 11 is 0. The maximum Gasteiger partial charge on any atom is 0.420 e. The second kappa shape index (κ2) is 6.80. The number of hydrogen-bond donors (Lipinski definition) is 1. The fourth-order valence-electron chi connectivity index (χ4n) is 2.31. The number of aryl methyl sites for hydroxylation is 1. The van der Waals surface area contributed by atoms with E-state index in [4.69, 9.17) is 15.1 Å². The Bertz CT molecular complexity index is 751. The van der Waals surface area contributed by atoms with E-state index in [-0.39, 0.29) is 6.61 Å². The zero-order valence-corrected chi connectivity index (χ0v) is 13.7. The minimum atomic E-state index is -0.600. The summed E-state index contributed by atoms with van der Waals surface area (Å²) < 4.78 is 6.79. The third-order valence-electron chi connectivity index (χ3n) is 3.30. The average molecular weight is 315 g/mol. The molecule has 2 aromatic rings. The number of hydrogen-bond acceptors (Lipinski definition) is 5. The standard InChI is InChI=1S/C17H21N3O3/c1-17(2,3)23-16(22)20-11-13(6-4-5-7-21)14-8-12(9-18)10-19-15(14)20/h8,10-11,21H,4-7H2,1-3H3. The van der Waals surface area contributed by atoms with Gasteiger partial charge in [-0.3, -0.25) is 0 Å². The minimum absolute atomic E-state index is 0.131. The summed E-state index contributed by atoms with van der Waals surface area (Å²) in [6, 6.07) is 3.80. The first-order valence-corrected chi connectivity index (χ1v) is 7.60. The summed E-state index contributed by atoms with van der Waals surface area (Å²) in [5, 5.41) is 18.7. The lowest BCUT2D eigenvalue weighted by Gasteiger charge is -2.19. The van der Waals surface area contributed by atoms with E-state index in [0.29, 0.717) is 24.1 Å². The highest BCUT2D eigenvalue weighted by atomic mass is 16.6. The van der Waals surface area contributed by atoms with E-state index in [1.54, 1.807) is 33.0 Å². The Hall–Kier alpha value is -2.39. The molecule has 2 heterocycles. The molecule has 0 saturated carbocycles. The fourth-order valence-corrected chi connectivity index (χ4v) is 2.31. The molecule has 0 fully saturated rings. The number of ether oxygens (including phenoxy) is 1. The highest BCUT2D eigenvalue weighted by Crippen LogP contribution is 2.23. The summed E-state index contributed by atoms with van der Waals surface area (Å²) in [5.41, 5.74) is 1.25. The lowest BCUT2D eigenvalue weighted by atomic mass is 10.1. The summed E-state index contributed by atoms with van der Waals surface area (Å²) in [6.07, 6.45) is 4.84. The number of nitrogens with zero attached hydrogens (tertiary/aromatic N) is 3. The predicted molar refractivity (Wildman–Crippen MR) is 86.1 cm³/mol. The van der Waals surface area contributed by atoms with Crippen molar-refractivity contribution in [3.05, 3.63) is 29.6 Å². The molecule has 0 aliphatic heterocycles. The molecule has 0 aromatic carbocycles. The molecule has 0 spiro atoms. The quantitative estimate of drug-likeness (QED) is 0.876. The first-order chi connectivity index (χ1) is 10.9. The van der Waals surface area contributed by atoms with Gasteiger partial charge in [-0.15, -0.1) is 0 Å². The van der Waals surface area contributed by atoms with Crippen molar-refractivity contribution in [2.24, 2.45) is 0 Å². The Labute approximate surface area is 135 Å². The molecule has 0 aliphatic carbocycles. The van der Waals surface area contributed by atoms with Crippen LogP contribution in [-0.2, 0) is 11.2 Å². The van der Waals surface area contributed by atoms with Gasteiger partial charge in [-0.25, -0.2) is 14.3 Å². The molecule has 6 nitrogen and oxygen atoms in total. The molecule has 122 valence electrons. The fraction of sp³-hybridized carbons (Fsp3) is 0.471. The van der Waals surface area contributed by atoms with Crippen LogP contribution < -0.4 is 0 Å². The van der Waals surface area contributed by atoms with E-state index in [0.717, 1.165) is 17.4 Å². The molecule has 23 heavy (non-hydrogen) atoms. The number of nitriles is 1. The van der Waals surface area contributed by atoms with Gasteiger partial charge >= 0.3 is 6.09 Å². The van der Waals surface area contributed by atoms with Crippen LogP contribution in [0.15, 0.2) is 18.5 Å². The number of fused-ring (bicyclic) bond motifs is 1. The number of aliphatic hydroxyl groups is 1. The maximum absolute atomic E-state index is 12.4. The molecule has 1 N–H and O–H groups in total. The SMILES string of the molecule is CC(C)(C)OC(=O)n1cc(CCCCO)c2cc(C#N)cnc21. The predicted octanol–water partition coefficient (Wildman–Crippen LogP) is 3.01. The van der Waals surface area contributed by atoms with Crippen LogP contribution in [0.1, 0.15) is 44.7 Å². The Morgan fingerprint density at radius 1 is 1.43 bits per heavy atom. The Balaban J connectivity index is 2.45. The van der Waals surface area contributed by atoms with Crippen molar-refractivity contribution in [1.82, 2.24) is 9.55 Å². The van der Waals surface area contributed by atoms with Gasteiger partial charge in [0, 0.05) is 24.4 Å². The topological polar surface area (TPSA) is 88.1 Å². The molecule has 0 atom stereocenters.